The van der Waals surface area contributed by atoms with E-state index in [0.29, 0.717) is 19.4 Å². The van der Waals surface area contributed by atoms with Gasteiger partial charge in [0.1, 0.15) is 5.75 Å². The highest BCUT2D eigenvalue weighted by Crippen LogP contribution is 2.25. The van der Waals surface area contributed by atoms with Crippen molar-refractivity contribution in [2.45, 2.75) is 51.1 Å². The number of methoxy groups -OCH3 is 1. The van der Waals surface area contributed by atoms with Crippen LogP contribution in [0.2, 0.25) is 0 Å². The summed E-state index contributed by atoms with van der Waals surface area (Å²) in [6, 6.07) is 11.7. The van der Waals surface area contributed by atoms with Gasteiger partial charge < -0.3 is 15.4 Å². The second-order valence-electron chi connectivity index (χ2n) is 7.51. The van der Waals surface area contributed by atoms with Crippen LogP contribution in [0, 0.1) is 5.92 Å². The van der Waals surface area contributed by atoms with E-state index in [2.05, 4.69) is 15.6 Å². The first-order chi connectivity index (χ1) is 14.2. The molecule has 1 aliphatic carbocycles. The van der Waals surface area contributed by atoms with E-state index < -0.39 is 0 Å². The van der Waals surface area contributed by atoms with Crippen LogP contribution in [0.4, 0.5) is 0 Å². The summed E-state index contributed by atoms with van der Waals surface area (Å²) in [5.41, 5.74) is 2.04. The highest BCUT2D eigenvalue weighted by Gasteiger charge is 2.26. The predicted octanol–water partition coefficient (Wildman–Crippen LogP) is 3.01. The maximum absolute atomic E-state index is 12.4. The zero-order valence-corrected chi connectivity index (χ0v) is 16.9. The molecule has 0 radical (unpaired) electrons. The largest absolute Gasteiger partial charge is 0.496 e. The van der Waals surface area contributed by atoms with E-state index in [4.69, 9.17) is 4.74 Å². The zero-order valence-electron chi connectivity index (χ0n) is 16.9. The Hall–Kier alpha value is -2.89. The van der Waals surface area contributed by atoms with Crippen molar-refractivity contribution in [2.24, 2.45) is 5.92 Å². The first-order valence-electron chi connectivity index (χ1n) is 10.2. The molecule has 29 heavy (non-hydrogen) atoms. The van der Waals surface area contributed by atoms with Gasteiger partial charge in [0.15, 0.2) is 0 Å². The van der Waals surface area contributed by atoms with Gasteiger partial charge >= 0.3 is 0 Å². The summed E-state index contributed by atoms with van der Waals surface area (Å²) in [6.45, 7) is 0.506. The smallest absolute Gasteiger partial charge is 0.223 e. The topological polar surface area (TPSA) is 80.3 Å². The van der Waals surface area contributed by atoms with Gasteiger partial charge in [-0.2, -0.15) is 0 Å². The first-order valence-corrected chi connectivity index (χ1v) is 10.2. The molecule has 1 aliphatic rings. The Bertz CT molecular complexity index is 802. The molecule has 0 atom stereocenters. The van der Waals surface area contributed by atoms with Crippen LogP contribution in [0.3, 0.4) is 0 Å². The number of carbonyl (C=O) groups excluding carboxylic acids is 2. The minimum absolute atomic E-state index is 0.0217. The summed E-state index contributed by atoms with van der Waals surface area (Å²) in [4.78, 5) is 28.8. The number of pyridine rings is 1. The number of benzene rings is 1. The molecule has 1 saturated carbocycles. The Morgan fingerprint density at radius 1 is 1.10 bits per heavy atom. The number of rotatable bonds is 8. The van der Waals surface area contributed by atoms with Gasteiger partial charge in [-0.3, -0.25) is 14.6 Å². The molecule has 1 heterocycles. The van der Waals surface area contributed by atoms with Crippen molar-refractivity contribution in [1.29, 1.82) is 0 Å². The van der Waals surface area contributed by atoms with E-state index >= 15 is 0 Å². The van der Waals surface area contributed by atoms with Crippen molar-refractivity contribution in [3.63, 3.8) is 0 Å². The van der Waals surface area contributed by atoms with Crippen molar-refractivity contribution >= 4 is 11.8 Å². The molecule has 3 rings (SSSR count). The normalized spacial score (nSPS) is 18.7. The average molecular weight is 396 g/mol. The standard InChI is InChI=1S/C23H29N3O3/c1-29-21-7-3-2-6-18(21)10-13-22(27)26-20-11-8-19(9-12-20)23(28)25-16-17-5-4-14-24-15-17/h2-7,14-15,19-20H,8-13,16H2,1H3,(H,25,28)(H,26,27). The molecule has 0 saturated heterocycles. The molecule has 2 amide bonds. The highest BCUT2D eigenvalue weighted by atomic mass is 16.5. The molecule has 1 fully saturated rings. The number of nitrogens with one attached hydrogen (secondary N) is 2. The summed E-state index contributed by atoms with van der Waals surface area (Å²) in [5.74, 6) is 0.988. The number of amides is 2. The third-order valence-electron chi connectivity index (χ3n) is 5.47. The minimum Gasteiger partial charge on any atom is -0.496 e. The summed E-state index contributed by atoms with van der Waals surface area (Å²) < 4.78 is 5.34. The monoisotopic (exact) mass is 395 g/mol. The number of aromatic nitrogens is 1. The van der Waals surface area contributed by atoms with Gasteiger partial charge in [-0.15, -0.1) is 0 Å². The van der Waals surface area contributed by atoms with E-state index in [1.165, 1.54) is 0 Å². The lowest BCUT2D eigenvalue weighted by Gasteiger charge is -2.28. The summed E-state index contributed by atoms with van der Waals surface area (Å²) in [6.07, 6.45) is 7.85. The van der Waals surface area contributed by atoms with Crippen molar-refractivity contribution in [1.82, 2.24) is 15.6 Å². The van der Waals surface area contributed by atoms with Gasteiger partial charge in [0.25, 0.3) is 0 Å². The van der Waals surface area contributed by atoms with Gasteiger partial charge in [-0.25, -0.2) is 0 Å². The Kier molecular flexibility index (Phi) is 7.61. The quantitative estimate of drug-likeness (QED) is 0.720. The lowest BCUT2D eigenvalue weighted by Crippen LogP contribution is -2.40. The third kappa shape index (κ3) is 6.31. The average Bonchev–Trinajstić information content (AvgIpc) is 2.77. The van der Waals surface area contributed by atoms with Gasteiger partial charge in [-0.05, 0) is 55.4 Å². The molecule has 154 valence electrons. The van der Waals surface area contributed by atoms with Crippen molar-refractivity contribution in [2.75, 3.05) is 7.11 Å². The number of carbonyl (C=O) groups is 2. The molecular weight excluding hydrogens is 366 g/mol. The summed E-state index contributed by atoms with van der Waals surface area (Å²) in [5, 5.41) is 6.12. The van der Waals surface area contributed by atoms with Crippen LogP contribution in [-0.2, 0) is 22.6 Å². The van der Waals surface area contributed by atoms with Crippen molar-refractivity contribution in [3.8, 4) is 5.75 Å². The van der Waals surface area contributed by atoms with E-state index in [-0.39, 0.29) is 23.8 Å². The first kappa shape index (κ1) is 20.8. The summed E-state index contributed by atoms with van der Waals surface area (Å²) >= 11 is 0. The lowest BCUT2D eigenvalue weighted by atomic mass is 9.85. The number of nitrogens with zero attached hydrogens (tertiary/aromatic N) is 1. The van der Waals surface area contributed by atoms with Gasteiger partial charge in [0.2, 0.25) is 11.8 Å². The van der Waals surface area contributed by atoms with Crippen LogP contribution in [-0.4, -0.2) is 29.9 Å². The summed E-state index contributed by atoms with van der Waals surface area (Å²) in [7, 11) is 1.64. The molecule has 0 aliphatic heterocycles. The molecule has 1 aromatic heterocycles. The maximum atomic E-state index is 12.4. The number of para-hydroxylation sites is 1. The second kappa shape index (κ2) is 10.6. The number of ether oxygens (including phenoxy) is 1. The molecule has 0 unspecified atom stereocenters. The van der Waals surface area contributed by atoms with E-state index in [1.54, 1.807) is 19.5 Å². The predicted molar refractivity (Wildman–Crippen MR) is 111 cm³/mol. The lowest BCUT2D eigenvalue weighted by molar-refractivity contribution is -0.126. The third-order valence-corrected chi connectivity index (χ3v) is 5.47. The van der Waals surface area contributed by atoms with E-state index in [9.17, 15) is 9.59 Å². The minimum atomic E-state index is 0.0217. The van der Waals surface area contributed by atoms with Crippen molar-refractivity contribution in [3.05, 3.63) is 59.9 Å². The number of hydrogen-bond donors (Lipinski definition) is 2. The van der Waals surface area contributed by atoms with Crippen LogP contribution >= 0.6 is 0 Å². The Morgan fingerprint density at radius 3 is 2.62 bits per heavy atom. The molecule has 2 N–H and O–H groups in total. The Labute approximate surface area is 172 Å². The fourth-order valence-corrected chi connectivity index (χ4v) is 3.79. The number of hydrogen-bond acceptors (Lipinski definition) is 4. The molecule has 2 aromatic rings. The van der Waals surface area contributed by atoms with Gasteiger partial charge in [0, 0.05) is 37.3 Å². The van der Waals surface area contributed by atoms with E-state index in [1.807, 2.05) is 36.4 Å². The molecule has 6 heteroatoms. The number of aryl methyl sites for hydroxylation is 1. The maximum Gasteiger partial charge on any atom is 0.223 e. The van der Waals surface area contributed by atoms with Crippen LogP contribution in [0.5, 0.6) is 5.75 Å². The molecular formula is C23H29N3O3. The van der Waals surface area contributed by atoms with Crippen LogP contribution < -0.4 is 15.4 Å². The molecule has 6 nitrogen and oxygen atoms in total. The van der Waals surface area contributed by atoms with Crippen LogP contribution in [0.1, 0.15) is 43.2 Å². The fourth-order valence-electron chi connectivity index (χ4n) is 3.79. The van der Waals surface area contributed by atoms with Gasteiger partial charge in [-0.1, -0.05) is 24.3 Å². The van der Waals surface area contributed by atoms with Crippen LogP contribution in [0.15, 0.2) is 48.8 Å². The SMILES string of the molecule is COc1ccccc1CCC(=O)NC1CCC(C(=O)NCc2cccnc2)CC1. The van der Waals surface area contributed by atoms with Crippen molar-refractivity contribution < 1.29 is 14.3 Å². The Balaban J connectivity index is 1.36. The van der Waals surface area contributed by atoms with Gasteiger partial charge in [0.05, 0.1) is 7.11 Å². The van der Waals surface area contributed by atoms with E-state index in [0.717, 1.165) is 42.6 Å². The zero-order chi connectivity index (χ0) is 20.5. The fraction of sp³-hybridized carbons (Fsp3) is 0.435. The second-order valence-corrected chi connectivity index (χ2v) is 7.51. The molecule has 0 bridgehead atoms. The molecule has 0 spiro atoms. The highest BCUT2D eigenvalue weighted by molar-refractivity contribution is 5.79. The molecule has 1 aromatic carbocycles. The Morgan fingerprint density at radius 2 is 1.90 bits per heavy atom. The van der Waals surface area contributed by atoms with Crippen LogP contribution in [0.25, 0.3) is 0 Å².